The lowest BCUT2D eigenvalue weighted by Gasteiger charge is -2.49. The summed E-state index contributed by atoms with van der Waals surface area (Å²) < 4.78 is 35.8. The van der Waals surface area contributed by atoms with E-state index in [0.717, 1.165) is 77.2 Å². The first-order valence-corrected chi connectivity index (χ1v) is 18.8. The van der Waals surface area contributed by atoms with Crippen LogP contribution in [-0.4, -0.2) is 74.3 Å². The molecule has 0 aromatic rings. The maximum Gasteiger partial charge on any atom is 0.104 e. The van der Waals surface area contributed by atoms with Gasteiger partial charge in [-0.3, -0.25) is 0 Å². The fraction of sp³-hybridized carbons (Fsp3) is 1.00. The van der Waals surface area contributed by atoms with Gasteiger partial charge in [0.1, 0.15) is 12.2 Å². The number of rotatable bonds is 20. The topological polar surface area (TPSA) is 62.0 Å². The lowest BCUT2D eigenvalue weighted by atomic mass is 9.57. The summed E-state index contributed by atoms with van der Waals surface area (Å²) in [7, 11) is 0. The number of epoxide rings is 2. The van der Waals surface area contributed by atoms with Crippen LogP contribution < -0.4 is 0 Å². The molecule has 0 aromatic carbocycles. The third-order valence-electron chi connectivity index (χ3n) is 12.4. The van der Waals surface area contributed by atoms with Gasteiger partial charge in [0.05, 0.1) is 48.8 Å². The van der Waals surface area contributed by atoms with Crippen LogP contribution in [0.15, 0.2) is 0 Å². The first-order chi connectivity index (χ1) is 21.0. The molecule has 0 radical (unpaired) electrons. The molecule has 4 rings (SSSR count). The van der Waals surface area contributed by atoms with Crippen LogP contribution in [0.3, 0.4) is 0 Å². The number of ether oxygens (including phenoxy) is 6. The summed E-state index contributed by atoms with van der Waals surface area (Å²) in [6, 6.07) is 0. The molecule has 6 heteroatoms. The highest BCUT2D eigenvalue weighted by Crippen LogP contribution is 2.52. The molecule has 264 valence electrons. The van der Waals surface area contributed by atoms with Crippen LogP contribution in [0.25, 0.3) is 0 Å². The zero-order chi connectivity index (χ0) is 32.9. The van der Waals surface area contributed by atoms with Crippen LogP contribution >= 0.6 is 0 Å². The van der Waals surface area contributed by atoms with Crippen molar-refractivity contribution in [3.05, 3.63) is 0 Å². The van der Waals surface area contributed by atoms with Gasteiger partial charge in [0.2, 0.25) is 0 Å². The molecule has 2 atom stereocenters. The van der Waals surface area contributed by atoms with Crippen LogP contribution in [0.1, 0.15) is 146 Å². The second kappa shape index (κ2) is 15.5. The largest absolute Gasteiger partial charge is 0.375 e. The Morgan fingerprint density at radius 2 is 0.778 bits per heavy atom. The van der Waals surface area contributed by atoms with Crippen molar-refractivity contribution in [1.29, 1.82) is 0 Å². The smallest absolute Gasteiger partial charge is 0.104 e. The van der Waals surface area contributed by atoms with Gasteiger partial charge < -0.3 is 28.4 Å². The third-order valence-corrected chi connectivity index (χ3v) is 12.4. The number of hydrogen-bond donors (Lipinski definition) is 0. The molecule has 2 saturated carbocycles. The van der Waals surface area contributed by atoms with Gasteiger partial charge in [-0.1, -0.05) is 13.8 Å². The van der Waals surface area contributed by atoms with Crippen LogP contribution in [-0.2, 0) is 28.4 Å². The van der Waals surface area contributed by atoms with Gasteiger partial charge in [-0.05, 0) is 162 Å². The molecule has 4 aliphatic rings. The van der Waals surface area contributed by atoms with E-state index in [0.29, 0.717) is 29.5 Å². The van der Waals surface area contributed by atoms with Crippen molar-refractivity contribution in [2.24, 2.45) is 29.1 Å². The monoisotopic (exact) mass is 637 g/mol. The molecule has 2 saturated heterocycles. The van der Waals surface area contributed by atoms with Gasteiger partial charge in [-0.25, -0.2) is 0 Å². The van der Waals surface area contributed by atoms with Crippen LogP contribution in [0, 0.1) is 29.1 Å². The Bertz CT molecular complexity index is 800. The predicted octanol–water partition coefficient (Wildman–Crippen LogP) is 9.16. The van der Waals surface area contributed by atoms with E-state index >= 15 is 0 Å². The van der Waals surface area contributed by atoms with E-state index in [9.17, 15) is 0 Å². The van der Waals surface area contributed by atoms with E-state index in [4.69, 9.17) is 28.4 Å². The van der Waals surface area contributed by atoms with Gasteiger partial charge in [0.15, 0.2) is 0 Å². The Balaban J connectivity index is 1.12. The zero-order valence-corrected chi connectivity index (χ0v) is 31.1. The highest BCUT2D eigenvalue weighted by molar-refractivity contribution is 4.95. The minimum atomic E-state index is -0.108. The van der Waals surface area contributed by atoms with Crippen molar-refractivity contribution in [2.75, 3.05) is 39.6 Å². The predicted molar refractivity (Wildman–Crippen MR) is 183 cm³/mol. The average Bonchev–Trinajstić information content (AvgIpc) is 3.91. The summed E-state index contributed by atoms with van der Waals surface area (Å²) in [5, 5.41) is 0. The lowest BCUT2D eigenvalue weighted by molar-refractivity contribution is -0.0968. The quantitative estimate of drug-likeness (QED) is 0.0981. The van der Waals surface area contributed by atoms with Crippen molar-refractivity contribution in [3.8, 4) is 0 Å². The van der Waals surface area contributed by atoms with E-state index in [2.05, 4.69) is 69.2 Å². The van der Waals surface area contributed by atoms with Gasteiger partial charge in [0, 0.05) is 13.2 Å². The number of hydrogen-bond acceptors (Lipinski definition) is 6. The molecule has 2 aliphatic heterocycles. The van der Waals surface area contributed by atoms with Gasteiger partial charge >= 0.3 is 0 Å². The third kappa shape index (κ3) is 12.0. The van der Waals surface area contributed by atoms with Crippen LogP contribution in [0.4, 0.5) is 0 Å². The van der Waals surface area contributed by atoms with Crippen molar-refractivity contribution >= 4 is 0 Å². The normalized spacial score (nSPS) is 30.0. The Labute approximate surface area is 277 Å². The molecule has 2 aliphatic carbocycles. The van der Waals surface area contributed by atoms with Crippen molar-refractivity contribution in [2.45, 2.75) is 181 Å². The Morgan fingerprint density at radius 3 is 1.09 bits per heavy atom. The summed E-state index contributed by atoms with van der Waals surface area (Å²) in [5.74, 6) is 2.94. The summed E-state index contributed by atoms with van der Waals surface area (Å²) in [5.41, 5.74) is 0.0760. The Kier molecular flexibility index (Phi) is 13.0. The second-order valence-corrected chi connectivity index (χ2v) is 18.1. The fourth-order valence-electron chi connectivity index (χ4n) is 8.41. The van der Waals surface area contributed by atoms with E-state index in [1.165, 1.54) is 51.4 Å². The molecular formula is C39H72O6. The highest BCUT2D eigenvalue weighted by Gasteiger charge is 2.44. The van der Waals surface area contributed by atoms with E-state index < -0.39 is 0 Å². The molecule has 6 nitrogen and oxygen atoms in total. The Morgan fingerprint density at radius 1 is 0.467 bits per heavy atom. The van der Waals surface area contributed by atoms with Crippen molar-refractivity contribution in [1.82, 2.24) is 0 Å². The van der Waals surface area contributed by atoms with E-state index in [-0.39, 0.29) is 22.4 Å². The molecule has 0 aromatic heterocycles. The molecule has 2 unspecified atom stereocenters. The van der Waals surface area contributed by atoms with E-state index in [1.807, 2.05) is 0 Å². The maximum absolute atomic E-state index is 6.55. The lowest BCUT2D eigenvalue weighted by Crippen LogP contribution is -2.43. The van der Waals surface area contributed by atoms with Gasteiger partial charge in [0.25, 0.3) is 0 Å². The van der Waals surface area contributed by atoms with E-state index in [1.54, 1.807) is 0 Å². The molecule has 0 spiro atoms. The maximum atomic E-state index is 6.55. The molecule has 0 amide bonds. The standard InChI is InChI=1S/C39H72O6/c1-35(2,44-27-33-25-40-33)21-11-23-42-38(7,8)31-17-13-29(14-18-31)37(5,6)30-15-19-32(20-16-30)39(9,10)43-24-12-22-36(3,4)45-28-34-26-41-34/h29-34H,11-28H2,1-10H3. The second-order valence-electron chi connectivity index (χ2n) is 18.1. The molecule has 0 N–H and O–H groups in total. The molecular weight excluding hydrogens is 564 g/mol. The summed E-state index contributed by atoms with van der Waals surface area (Å²) >= 11 is 0. The van der Waals surface area contributed by atoms with Gasteiger partial charge in [-0.2, -0.15) is 0 Å². The average molecular weight is 637 g/mol. The molecule has 0 bridgehead atoms. The Hall–Kier alpha value is -0.240. The summed E-state index contributed by atoms with van der Waals surface area (Å²) in [6.07, 6.45) is 15.3. The molecule has 4 fully saturated rings. The molecule has 2 heterocycles. The minimum Gasteiger partial charge on any atom is -0.375 e. The molecule has 45 heavy (non-hydrogen) atoms. The SMILES string of the molecule is CC(C)(CCCOC(C)(C)C1CCC(C(C)(C)C2CCC(C(C)(C)OCCCC(C)(C)OCC3CO3)CC2)CC1)OCC1CO1. The first-order valence-electron chi connectivity index (χ1n) is 18.8. The van der Waals surface area contributed by atoms with Crippen LogP contribution in [0.5, 0.6) is 0 Å². The summed E-state index contributed by atoms with van der Waals surface area (Å²) in [4.78, 5) is 0. The van der Waals surface area contributed by atoms with Crippen LogP contribution in [0.2, 0.25) is 0 Å². The van der Waals surface area contributed by atoms with Gasteiger partial charge in [-0.15, -0.1) is 0 Å². The summed E-state index contributed by atoms with van der Waals surface area (Å²) in [6.45, 7) is 28.1. The highest BCUT2D eigenvalue weighted by atomic mass is 16.6. The van der Waals surface area contributed by atoms with Crippen molar-refractivity contribution in [3.63, 3.8) is 0 Å². The first kappa shape index (κ1) is 37.6. The minimum absolute atomic E-state index is 0.0556. The fourth-order valence-corrected chi connectivity index (χ4v) is 8.41. The van der Waals surface area contributed by atoms with Crippen molar-refractivity contribution < 1.29 is 28.4 Å². The zero-order valence-electron chi connectivity index (χ0n) is 31.1.